The van der Waals surface area contributed by atoms with Crippen LogP contribution in [0, 0.1) is 0 Å². The van der Waals surface area contributed by atoms with Crippen molar-refractivity contribution in [1.82, 2.24) is 10.2 Å². The average Bonchev–Trinajstić information content (AvgIpc) is 2.77. The Morgan fingerprint density at radius 2 is 1.76 bits per heavy atom. The van der Waals surface area contributed by atoms with Crippen LogP contribution in [0.2, 0.25) is 10.0 Å². The Morgan fingerprint density at radius 1 is 1.12 bits per heavy atom. The van der Waals surface area contributed by atoms with Crippen LogP contribution in [0.5, 0.6) is 0 Å². The zero-order chi connectivity index (χ0) is 25.5. The summed E-state index contributed by atoms with van der Waals surface area (Å²) in [4.78, 5) is 27.2. The van der Waals surface area contributed by atoms with E-state index < -0.39 is 16.1 Å². The molecule has 0 aliphatic heterocycles. The van der Waals surface area contributed by atoms with E-state index >= 15 is 0 Å². The molecule has 0 unspecified atom stereocenters. The fourth-order valence-corrected chi connectivity index (χ4v) is 5.02. The molecule has 2 aromatic rings. The average molecular weight is 593 g/mol. The van der Waals surface area contributed by atoms with Crippen LogP contribution in [0.25, 0.3) is 0 Å². The smallest absolute Gasteiger partial charge is 0.242 e. The minimum atomic E-state index is -3.67. The minimum Gasteiger partial charge on any atom is -0.355 e. The van der Waals surface area contributed by atoms with Gasteiger partial charge < -0.3 is 10.2 Å². The van der Waals surface area contributed by atoms with Crippen LogP contribution in [-0.4, -0.2) is 50.5 Å². The van der Waals surface area contributed by atoms with Crippen molar-refractivity contribution in [2.75, 3.05) is 23.7 Å². The molecule has 11 heteroatoms. The number of sulfonamides is 1. The molecule has 0 fully saturated rings. The van der Waals surface area contributed by atoms with Gasteiger partial charge in [0.25, 0.3) is 0 Å². The lowest BCUT2D eigenvalue weighted by Crippen LogP contribution is -2.47. The topological polar surface area (TPSA) is 86.8 Å². The number of benzene rings is 2. The standard InChI is InChI=1S/C23H28BrCl2N3O4S/c1-4-27-23(31)16(2)28(15-17-7-9-18(24)10-8-17)22(30)6-5-13-29(34(3,32)33)21-14-19(25)11-12-20(21)26/h7-12,14,16H,4-6,13,15H2,1-3H3,(H,27,31)/t16-/m1/s1. The predicted molar refractivity (Wildman–Crippen MR) is 141 cm³/mol. The summed E-state index contributed by atoms with van der Waals surface area (Å²) >= 11 is 15.6. The number of nitrogens with one attached hydrogen (secondary N) is 1. The summed E-state index contributed by atoms with van der Waals surface area (Å²) in [6.07, 6.45) is 1.35. The second kappa shape index (κ2) is 12.8. The van der Waals surface area contributed by atoms with E-state index in [2.05, 4.69) is 21.2 Å². The van der Waals surface area contributed by atoms with E-state index in [-0.39, 0.29) is 48.5 Å². The fraction of sp³-hybridized carbons (Fsp3) is 0.391. The van der Waals surface area contributed by atoms with Gasteiger partial charge in [-0.25, -0.2) is 8.42 Å². The summed E-state index contributed by atoms with van der Waals surface area (Å²) in [6.45, 7) is 4.22. The third-order valence-electron chi connectivity index (χ3n) is 5.11. The molecule has 2 amide bonds. The van der Waals surface area contributed by atoms with Crippen LogP contribution in [0.3, 0.4) is 0 Å². The highest BCUT2D eigenvalue weighted by atomic mass is 79.9. The van der Waals surface area contributed by atoms with E-state index in [1.54, 1.807) is 13.0 Å². The second-order valence-corrected chi connectivity index (χ2v) is 11.4. The van der Waals surface area contributed by atoms with Crippen molar-refractivity contribution < 1.29 is 18.0 Å². The molecule has 0 radical (unpaired) electrons. The molecule has 0 aliphatic carbocycles. The third-order valence-corrected chi connectivity index (χ3v) is 7.38. The maximum absolute atomic E-state index is 13.2. The van der Waals surface area contributed by atoms with E-state index in [9.17, 15) is 18.0 Å². The summed E-state index contributed by atoms with van der Waals surface area (Å²) in [5, 5.41) is 3.33. The number of rotatable bonds is 11. The normalized spacial score (nSPS) is 12.2. The van der Waals surface area contributed by atoms with Gasteiger partial charge in [0.05, 0.1) is 17.0 Å². The first-order chi connectivity index (χ1) is 15.9. The SMILES string of the molecule is CCNC(=O)[C@@H](C)N(Cc1ccc(Br)cc1)C(=O)CCCN(c1cc(Cl)ccc1Cl)S(C)(=O)=O. The Balaban J connectivity index is 2.18. The van der Waals surface area contributed by atoms with Crippen LogP contribution in [-0.2, 0) is 26.2 Å². The van der Waals surface area contributed by atoms with Crippen molar-refractivity contribution in [2.24, 2.45) is 0 Å². The van der Waals surface area contributed by atoms with Crippen LogP contribution in [0.15, 0.2) is 46.9 Å². The van der Waals surface area contributed by atoms with Gasteiger partial charge in [-0.3, -0.25) is 13.9 Å². The van der Waals surface area contributed by atoms with Gasteiger partial charge in [0, 0.05) is 35.6 Å². The lowest BCUT2D eigenvalue weighted by Gasteiger charge is -2.29. The molecule has 0 aromatic heterocycles. The first-order valence-corrected chi connectivity index (χ1v) is 14.1. The maximum atomic E-state index is 13.2. The zero-order valence-corrected chi connectivity index (χ0v) is 23.1. The van der Waals surface area contributed by atoms with Gasteiger partial charge in [0.2, 0.25) is 21.8 Å². The lowest BCUT2D eigenvalue weighted by molar-refractivity contribution is -0.140. The van der Waals surface area contributed by atoms with E-state index in [4.69, 9.17) is 23.2 Å². The number of nitrogens with zero attached hydrogens (tertiary/aromatic N) is 2. The molecule has 0 heterocycles. The van der Waals surface area contributed by atoms with Gasteiger partial charge in [-0.15, -0.1) is 0 Å². The van der Waals surface area contributed by atoms with E-state index in [0.717, 1.165) is 20.6 Å². The molecule has 2 rings (SSSR count). The molecule has 186 valence electrons. The van der Waals surface area contributed by atoms with Crippen molar-refractivity contribution in [3.05, 3.63) is 62.5 Å². The van der Waals surface area contributed by atoms with Crippen molar-refractivity contribution in [1.29, 1.82) is 0 Å². The first-order valence-electron chi connectivity index (χ1n) is 10.7. The molecular weight excluding hydrogens is 565 g/mol. The Morgan fingerprint density at radius 3 is 2.35 bits per heavy atom. The Labute approximate surface area is 219 Å². The van der Waals surface area contributed by atoms with Gasteiger partial charge in [0.15, 0.2) is 0 Å². The molecule has 7 nitrogen and oxygen atoms in total. The Bertz CT molecular complexity index is 1110. The van der Waals surface area contributed by atoms with Crippen LogP contribution in [0.4, 0.5) is 5.69 Å². The van der Waals surface area contributed by atoms with Gasteiger partial charge in [-0.2, -0.15) is 0 Å². The Kier molecular flexibility index (Phi) is 10.7. The van der Waals surface area contributed by atoms with Crippen molar-refractivity contribution in [2.45, 2.75) is 39.3 Å². The number of hydrogen-bond acceptors (Lipinski definition) is 4. The van der Waals surface area contributed by atoms with Crippen LogP contribution < -0.4 is 9.62 Å². The number of halogens is 3. The molecule has 0 bridgehead atoms. The predicted octanol–water partition coefficient (Wildman–Crippen LogP) is 4.86. The van der Waals surface area contributed by atoms with E-state index in [1.165, 1.54) is 17.0 Å². The number of hydrogen-bond donors (Lipinski definition) is 1. The molecular formula is C23H28BrCl2N3O4S. The van der Waals surface area contributed by atoms with Crippen molar-refractivity contribution >= 4 is 66.7 Å². The third kappa shape index (κ3) is 8.15. The summed E-state index contributed by atoms with van der Waals surface area (Å²) in [5.41, 5.74) is 1.13. The lowest BCUT2D eigenvalue weighted by atomic mass is 10.1. The number of likely N-dealkylation sites (N-methyl/N-ethyl adjacent to an activating group) is 1. The minimum absolute atomic E-state index is 0.0340. The molecule has 0 saturated heterocycles. The zero-order valence-electron chi connectivity index (χ0n) is 19.2. The van der Waals surface area contributed by atoms with Gasteiger partial charge >= 0.3 is 0 Å². The summed E-state index contributed by atoms with van der Waals surface area (Å²) < 4.78 is 26.9. The molecule has 0 spiro atoms. The number of carbonyl (C=O) groups is 2. The first kappa shape index (κ1) is 28.4. The monoisotopic (exact) mass is 591 g/mol. The van der Waals surface area contributed by atoms with Crippen molar-refractivity contribution in [3.63, 3.8) is 0 Å². The molecule has 34 heavy (non-hydrogen) atoms. The molecule has 1 atom stereocenters. The summed E-state index contributed by atoms with van der Waals surface area (Å²) in [6, 6.07) is 11.4. The number of amides is 2. The van der Waals surface area contributed by atoms with Gasteiger partial charge in [-0.05, 0) is 56.2 Å². The second-order valence-electron chi connectivity index (χ2n) is 7.75. The van der Waals surface area contributed by atoms with Gasteiger partial charge in [0.1, 0.15) is 6.04 Å². The molecule has 0 saturated carbocycles. The quantitative estimate of drug-likeness (QED) is 0.404. The van der Waals surface area contributed by atoms with E-state index in [0.29, 0.717) is 11.6 Å². The highest BCUT2D eigenvalue weighted by molar-refractivity contribution is 9.10. The number of carbonyl (C=O) groups excluding carboxylic acids is 2. The van der Waals surface area contributed by atoms with E-state index in [1.807, 2.05) is 31.2 Å². The van der Waals surface area contributed by atoms with Gasteiger partial charge in [-0.1, -0.05) is 51.3 Å². The summed E-state index contributed by atoms with van der Waals surface area (Å²) in [5.74, 6) is -0.510. The highest BCUT2D eigenvalue weighted by Gasteiger charge is 2.26. The molecule has 0 aliphatic rings. The van der Waals surface area contributed by atoms with Crippen LogP contribution in [0.1, 0.15) is 32.3 Å². The molecule has 1 N–H and O–H groups in total. The van der Waals surface area contributed by atoms with Crippen LogP contribution >= 0.6 is 39.1 Å². The van der Waals surface area contributed by atoms with Crippen molar-refractivity contribution in [3.8, 4) is 0 Å². The number of anilines is 1. The Hall–Kier alpha value is -1.81. The maximum Gasteiger partial charge on any atom is 0.242 e. The summed E-state index contributed by atoms with van der Waals surface area (Å²) in [7, 11) is -3.67. The largest absolute Gasteiger partial charge is 0.355 e. The fourth-order valence-electron chi connectivity index (χ4n) is 3.35. The molecule has 2 aromatic carbocycles. The highest BCUT2D eigenvalue weighted by Crippen LogP contribution is 2.31.